The summed E-state index contributed by atoms with van der Waals surface area (Å²) in [5, 5.41) is 34.7. The average Bonchev–Trinajstić information content (AvgIpc) is 3.21. The van der Waals surface area contributed by atoms with Crippen molar-refractivity contribution in [2.24, 2.45) is 0 Å². The van der Waals surface area contributed by atoms with Gasteiger partial charge in [0.15, 0.2) is 0 Å². The van der Waals surface area contributed by atoms with Crippen LogP contribution in [0, 0.1) is 0 Å². The van der Waals surface area contributed by atoms with E-state index in [2.05, 4.69) is 15.6 Å². The number of carbonyl (C=O) groups excluding carboxylic acids is 3. The Morgan fingerprint density at radius 1 is 0.694 bits per heavy atom. The van der Waals surface area contributed by atoms with Crippen LogP contribution < -0.4 is 10.6 Å². The Bertz CT molecular complexity index is 1480. The molecule has 21 nitrogen and oxygen atoms in total. The van der Waals surface area contributed by atoms with E-state index in [1.807, 2.05) is 6.92 Å². The quantitative estimate of drug-likeness (QED) is 0.0571. The molecule has 0 aromatic carbocycles. The van der Waals surface area contributed by atoms with E-state index in [1.165, 1.54) is 11.8 Å². The van der Waals surface area contributed by atoms with Crippen LogP contribution in [-0.4, -0.2) is 213 Å². The van der Waals surface area contributed by atoms with Crippen LogP contribution in [0.25, 0.3) is 0 Å². The number of amides is 3. The number of hydrogen-bond acceptors (Lipinski definition) is 15. The predicted molar refractivity (Wildman–Crippen MR) is 224 cm³/mol. The summed E-state index contributed by atoms with van der Waals surface area (Å²) < 4.78 is 27.3. The summed E-state index contributed by atoms with van der Waals surface area (Å²) in [5.41, 5.74) is 1.18. The number of aliphatic carboxylic acids is 3. The van der Waals surface area contributed by atoms with Gasteiger partial charge in [-0.25, -0.2) is 0 Å². The van der Waals surface area contributed by atoms with Gasteiger partial charge in [0.1, 0.15) is 6.04 Å². The van der Waals surface area contributed by atoms with E-state index < -0.39 is 23.9 Å². The standard InChI is InChI=1S/C41H69N7O14/c1-3-58-22-23-61-21-7-14-47(33(2)49)30-38(51)43-13-6-20-60-25-27-62-26-24-59-19-5-12-42-37(50)11-10-36(41(56)57)48-18-17-45(31-39(52)53)15-16-46(32-40(54)55)28-34-8-4-9-35(29-48)44-34/h4,8-9,36H,3,5-7,10-32H2,1-2H3,(H,42,50)(H,43,51)(H,52,53)(H,54,55)(H,56,57). The molecule has 1 unspecified atom stereocenters. The van der Waals surface area contributed by atoms with Crippen molar-refractivity contribution in [3.63, 3.8) is 0 Å². The molecule has 0 fully saturated rings. The molecule has 2 bridgehead atoms. The molecular weight excluding hydrogens is 814 g/mol. The number of rotatable bonds is 33. The summed E-state index contributed by atoms with van der Waals surface area (Å²) in [5.74, 6) is -3.89. The molecule has 0 saturated heterocycles. The zero-order valence-electron chi connectivity index (χ0n) is 36.5. The third-order valence-corrected chi connectivity index (χ3v) is 9.53. The summed E-state index contributed by atoms with van der Waals surface area (Å²) >= 11 is 0. The van der Waals surface area contributed by atoms with Crippen molar-refractivity contribution in [2.75, 3.05) is 132 Å². The number of pyridine rings is 1. The number of nitrogens with zero attached hydrogens (tertiary/aromatic N) is 5. The van der Waals surface area contributed by atoms with Gasteiger partial charge in [-0.3, -0.25) is 48.5 Å². The third kappa shape index (κ3) is 26.2. The van der Waals surface area contributed by atoms with Gasteiger partial charge in [0.25, 0.3) is 0 Å². The fourth-order valence-corrected chi connectivity index (χ4v) is 6.37. The third-order valence-electron chi connectivity index (χ3n) is 9.53. The van der Waals surface area contributed by atoms with Gasteiger partial charge in [-0.2, -0.15) is 0 Å². The minimum Gasteiger partial charge on any atom is -0.480 e. The number of carboxylic acids is 3. The predicted octanol–water partition coefficient (Wildman–Crippen LogP) is -0.242. The molecule has 352 valence electrons. The van der Waals surface area contributed by atoms with Crippen molar-refractivity contribution in [1.29, 1.82) is 0 Å². The van der Waals surface area contributed by atoms with Gasteiger partial charge in [-0.15, -0.1) is 0 Å². The van der Waals surface area contributed by atoms with E-state index in [0.29, 0.717) is 116 Å². The minimum absolute atomic E-state index is 0.00872. The van der Waals surface area contributed by atoms with Gasteiger partial charge in [-0.05, 0) is 44.7 Å². The molecule has 0 saturated carbocycles. The molecule has 0 spiro atoms. The van der Waals surface area contributed by atoms with Gasteiger partial charge in [-0.1, -0.05) is 6.07 Å². The zero-order chi connectivity index (χ0) is 45.4. The first-order chi connectivity index (χ1) is 29.9. The molecule has 1 aliphatic heterocycles. The van der Waals surface area contributed by atoms with Crippen LogP contribution in [0.15, 0.2) is 18.2 Å². The van der Waals surface area contributed by atoms with Crippen LogP contribution in [0.1, 0.15) is 57.3 Å². The number of carbonyl (C=O) groups is 6. The molecule has 1 aromatic heterocycles. The Hall–Kier alpha value is -4.35. The Morgan fingerprint density at radius 3 is 1.79 bits per heavy atom. The second-order valence-electron chi connectivity index (χ2n) is 14.6. The highest BCUT2D eigenvalue weighted by molar-refractivity contribution is 5.83. The molecule has 0 aliphatic carbocycles. The highest BCUT2D eigenvalue weighted by Crippen LogP contribution is 2.15. The maximum atomic E-state index is 12.7. The second kappa shape index (κ2) is 33.2. The summed E-state index contributed by atoms with van der Waals surface area (Å²) in [6.45, 7) is 9.74. The Labute approximate surface area is 364 Å². The van der Waals surface area contributed by atoms with Crippen molar-refractivity contribution in [3.8, 4) is 0 Å². The summed E-state index contributed by atoms with van der Waals surface area (Å²) in [6.07, 6.45) is 1.76. The van der Waals surface area contributed by atoms with Gasteiger partial charge in [0, 0.05) is 98.7 Å². The maximum Gasteiger partial charge on any atom is 0.320 e. The van der Waals surface area contributed by atoms with Crippen molar-refractivity contribution >= 4 is 35.6 Å². The first-order valence-corrected chi connectivity index (χ1v) is 21.4. The molecule has 2 rings (SSSR count). The zero-order valence-corrected chi connectivity index (χ0v) is 36.5. The number of hydrogen-bond donors (Lipinski definition) is 5. The van der Waals surface area contributed by atoms with Crippen molar-refractivity contribution in [3.05, 3.63) is 29.6 Å². The first-order valence-electron chi connectivity index (χ1n) is 21.4. The highest BCUT2D eigenvalue weighted by atomic mass is 16.5. The normalized spacial score (nSPS) is 14.6. The lowest BCUT2D eigenvalue weighted by molar-refractivity contribution is -0.145. The molecule has 5 N–H and O–H groups in total. The van der Waals surface area contributed by atoms with Crippen molar-refractivity contribution < 1.29 is 67.8 Å². The van der Waals surface area contributed by atoms with Gasteiger partial charge >= 0.3 is 17.9 Å². The molecule has 1 atom stereocenters. The summed E-state index contributed by atoms with van der Waals surface area (Å²) in [7, 11) is 0. The van der Waals surface area contributed by atoms with Crippen molar-refractivity contribution in [1.82, 2.24) is 35.2 Å². The van der Waals surface area contributed by atoms with Gasteiger partial charge in [0.2, 0.25) is 17.7 Å². The molecule has 3 amide bonds. The van der Waals surface area contributed by atoms with E-state index in [1.54, 1.807) is 32.9 Å². The van der Waals surface area contributed by atoms with Crippen LogP contribution in [0.3, 0.4) is 0 Å². The van der Waals surface area contributed by atoms with E-state index in [9.17, 15) is 44.1 Å². The molecule has 2 heterocycles. The van der Waals surface area contributed by atoms with Gasteiger partial charge in [0.05, 0.1) is 70.7 Å². The summed E-state index contributed by atoms with van der Waals surface area (Å²) in [6, 6.07) is 4.25. The molecular formula is C41H69N7O14. The number of nitrogens with one attached hydrogen (secondary N) is 2. The maximum absolute atomic E-state index is 12.7. The van der Waals surface area contributed by atoms with E-state index >= 15 is 0 Å². The summed E-state index contributed by atoms with van der Waals surface area (Å²) in [4.78, 5) is 83.6. The Morgan fingerprint density at radius 2 is 1.21 bits per heavy atom. The second-order valence-corrected chi connectivity index (χ2v) is 14.6. The number of aromatic nitrogens is 1. The number of ether oxygens (including phenoxy) is 5. The molecule has 21 heteroatoms. The molecule has 1 aromatic rings. The topological polar surface area (TPSA) is 259 Å². The lowest BCUT2D eigenvalue weighted by Crippen LogP contribution is -2.47. The van der Waals surface area contributed by atoms with Crippen LogP contribution >= 0.6 is 0 Å². The Balaban J connectivity index is 1.60. The molecule has 1 aliphatic rings. The Kier molecular flexibility index (Phi) is 28.8. The smallest absolute Gasteiger partial charge is 0.320 e. The fraction of sp³-hybridized carbons (Fsp3) is 0.732. The van der Waals surface area contributed by atoms with E-state index in [4.69, 9.17) is 23.7 Å². The van der Waals surface area contributed by atoms with E-state index in [-0.39, 0.29) is 89.5 Å². The average molecular weight is 884 g/mol. The van der Waals surface area contributed by atoms with Gasteiger partial charge < -0.3 is 54.5 Å². The SMILES string of the molecule is CCOCCOCCCN(CC(=O)NCCCOCCOCCOCCCNC(=O)CCC(C(=O)O)N1CCN(CC(=O)O)CCN(CC(=O)O)Cc2cccc(n2)C1)C(C)=O. The molecule has 0 radical (unpaired) electrons. The lowest BCUT2D eigenvalue weighted by Gasteiger charge is -2.32. The molecule has 62 heavy (non-hydrogen) atoms. The minimum atomic E-state index is -1.11. The van der Waals surface area contributed by atoms with Crippen LogP contribution in [0.2, 0.25) is 0 Å². The number of carboxylic acid groups (broad SMARTS) is 3. The van der Waals surface area contributed by atoms with Crippen LogP contribution in [0.4, 0.5) is 0 Å². The lowest BCUT2D eigenvalue weighted by atomic mass is 10.1. The monoisotopic (exact) mass is 883 g/mol. The van der Waals surface area contributed by atoms with Crippen molar-refractivity contribution in [2.45, 2.75) is 65.1 Å². The van der Waals surface area contributed by atoms with E-state index in [0.717, 1.165) is 0 Å². The first kappa shape index (κ1) is 53.8. The van der Waals surface area contributed by atoms with Crippen LogP contribution in [0.5, 0.6) is 0 Å². The highest BCUT2D eigenvalue weighted by Gasteiger charge is 2.28. The van der Waals surface area contributed by atoms with Crippen LogP contribution in [-0.2, 0) is 65.5 Å². The largest absolute Gasteiger partial charge is 0.480 e. The number of fused-ring (bicyclic) bond motifs is 2. The fourth-order valence-electron chi connectivity index (χ4n) is 6.37.